The van der Waals surface area contributed by atoms with Gasteiger partial charge in [-0.3, -0.25) is 0 Å². The highest BCUT2D eigenvalue weighted by atomic mass is 16.7. The topological polar surface area (TPSA) is 153 Å². The van der Waals surface area contributed by atoms with Crippen molar-refractivity contribution in [3.63, 3.8) is 0 Å². The first kappa shape index (κ1) is 36.9. The molecular weight excluding hydrogens is 610 g/mol. The van der Waals surface area contributed by atoms with Gasteiger partial charge in [0.05, 0.1) is 40.6 Å². The van der Waals surface area contributed by atoms with Crippen LogP contribution in [0.15, 0.2) is 34.6 Å². The average Bonchev–Trinajstić information content (AvgIpc) is 3.69. The Morgan fingerprint density at radius 2 is 1.56 bits per heavy atom. The third-order valence-electron chi connectivity index (χ3n) is 8.48. The standard InChI is InChI=1S/C37H53N5O6/c1-7-13-31(40-47-33(43)8-2)25-18-27-28-19-26(32(41-48-37(44)24(5)6)22-46-34-15-12-17-45-34)21-30(39)36(28)42(35(27)29(38)20-25)16-11-9-10-14-23(3)4/h18-21,23-24,34H,7-17,22,38-39H2,1-6H3/b40-31+,41-32+. The number of fused-ring (bicyclic) bond motifs is 3. The molecule has 4 N–H and O–H groups in total. The number of hydrogen-bond donors (Lipinski definition) is 2. The van der Waals surface area contributed by atoms with Crippen molar-refractivity contribution in [2.24, 2.45) is 22.1 Å². The van der Waals surface area contributed by atoms with Crippen LogP contribution < -0.4 is 11.5 Å². The van der Waals surface area contributed by atoms with Crippen LogP contribution in [0.3, 0.4) is 0 Å². The molecule has 0 aliphatic carbocycles. The second-order valence-corrected chi connectivity index (χ2v) is 13.3. The van der Waals surface area contributed by atoms with E-state index in [9.17, 15) is 9.59 Å². The molecule has 1 aliphatic heterocycles. The second-order valence-electron chi connectivity index (χ2n) is 13.3. The van der Waals surface area contributed by atoms with Gasteiger partial charge in [0.25, 0.3) is 0 Å². The number of nitrogens with zero attached hydrogens (tertiary/aromatic N) is 3. The van der Waals surface area contributed by atoms with Crippen LogP contribution in [0.4, 0.5) is 11.4 Å². The predicted octanol–water partition coefficient (Wildman–Crippen LogP) is 7.69. The van der Waals surface area contributed by atoms with E-state index in [0.717, 1.165) is 72.4 Å². The molecule has 0 amide bonds. The summed E-state index contributed by atoms with van der Waals surface area (Å²) in [5.74, 6) is -0.537. The third kappa shape index (κ3) is 9.35. The number of carbonyl (C=O) groups excluding carboxylic acids is 2. The molecule has 1 aromatic heterocycles. The fourth-order valence-electron chi connectivity index (χ4n) is 5.86. The van der Waals surface area contributed by atoms with Gasteiger partial charge in [-0.05, 0) is 49.4 Å². The summed E-state index contributed by atoms with van der Waals surface area (Å²) in [7, 11) is 0. The van der Waals surface area contributed by atoms with Gasteiger partial charge in [0.2, 0.25) is 0 Å². The van der Waals surface area contributed by atoms with Crippen LogP contribution in [0.5, 0.6) is 0 Å². The first-order valence-electron chi connectivity index (χ1n) is 17.5. The molecule has 1 fully saturated rings. The van der Waals surface area contributed by atoms with Crippen LogP contribution in [0.1, 0.15) is 110 Å². The highest BCUT2D eigenvalue weighted by Crippen LogP contribution is 2.38. The van der Waals surface area contributed by atoms with Crippen molar-refractivity contribution < 1.29 is 28.7 Å². The van der Waals surface area contributed by atoms with Gasteiger partial charge in [0.15, 0.2) is 6.29 Å². The molecule has 48 heavy (non-hydrogen) atoms. The van der Waals surface area contributed by atoms with Crippen molar-refractivity contribution in [2.45, 2.75) is 112 Å². The number of benzene rings is 2. The van der Waals surface area contributed by atoms with Gasteiger partial charge in [-0.1, -0.05) is 77.5 Å². The fraction of sp³-hybridized carbons (Fsp3) is 0.568. The van der Waals surface area contributed by atoms with Crippen LogP contribution >= 0.6 is 0 Å². The average molecular weight is 664 g/mol. The molecule has 1 atom stereocenters. The molecule has 0 radical (unpaired) electrons. The maximum Gasteiger partial charge on any atom is 0.337 e. The third-order valence-corrected chi connectivity index (χ3v) is 8.48. The zero-order chi connectivity index (χ0) is 34.8. The summed E-state index contributed by atoms with van der Waals surface area (Å²) >= 11 is 0. The number of aryl methyl sites for hydroxylation is 1. The van der Waals surface area contributed by atoms with E-state index in [2.05, 4.69) is 28.7 Å². The van der Waals surface area contributed by atoms with Gasteiger partial charge >= 0.3 is 11.9 Å². The van der Waals surface area contributed by atoms with E-state index in [-0.39, 0.29) is 25.2 Å². The van der Waals surface area contributed by atoms with E-state index < -0.39 is 11.9 Å². The number of carbonyl (C=O) groups is 2. The number of rotatable bonds is 17. The lowest BCUT2D eigenvalue weighted by Crippen LogP contribution is -2.20. The minimum atomic E-state index is -0.448. The Balaban J connectivity index is 1.87. The first-order valence-corrected chi connectivity index (χ1v) is 17.5. The van der Waals surface area contributed by atoms with Crippen molar-refractivity contribution in [3.8, 4) is 0 Å². The van der Waals surface area contributed by atoms with Crippen LogP contribution in [0.2, 0.25) is 0 Å². The summed E-state index contributed by atoms with van der Waals surface area (Å²) in [5.41, 5.74) is 19.1. The molecule has 2 heterocycles. The highest BCUT2D eigenvalue weighted by Gasteiger charge is 2.23. The molecule has 1 unspecified atom stereocenters. The largest absolute Gasteiger partial charge is 0.397 e. The molecule has 0 saturated carbocycles. The number of unbranched alkanes of at least 4 members (excludes halogenated alkanes) is 2. The van der Waals surface area contributed by atoms with E-state index in [0.29, 0.717) is 47.3 Å². The zero-order valence-electron chi connectivity index (χ0n) is 29.5. The molecule has 4 rings (SSSR count). The van der Waals surface area contributed by atoms with E-state index in [4.69, 9.17) is 30.6 Å². The molecule has 11 nitrogen and oxygen atoms in total. The normalized spacial score (nSPS) is 15.7. The molecule has 0 spiro atoms. The van der Waals surface area contributed by atoms with Crippen molar-refractivity contribution in [1.29, 1.82) is 0 Å². The molecule has 3 aromatic rings. The lowest BCUT2D eigenvalue weighted by molar-refractivity contribution is -0.147. The van der Waals surface area contributed by atoms with Crippen LogP contribution in [-0.2, 0) is 35.3 Å². The Morgan fingerprint density at radius 1 is 0.917 bits per heavy atom. The van der Waals surface area contributed by atoms with Gasteiger partial charge in [0.1, 0.15) is 5.71 Å². The van der Waals surface area contributed by atoms with E-state index >= 15 is 0 Å². The molecule has 1 aliphatic rings. The maximum absolute atomic E-state index is 12.4. The molecule has 262 valence electrons. The van der Waals surface area contributed by atoms with E-state index in [1.165, 1.54) is 6.42 Å². The molecule has 11 heteroatoms. The van der Waals surface area contributed by atoms with Crippen LogP contribution in [-0.4, -0.2) is 47.4 Å². The Morgan fingerprint density at radius 3 is 2.12 bits per heavy atom. The summed E-state index contributed by atoms with van der Waals surface area (Å²) in [6.07, 6.45) is 7.37. The van der Waals surface area contributed by atoms with Gasteiger partial charge in [-0.25, -0.2) is 9.59 Å². The zero-order valence-corrected chi connectivity index (χ0v) is 29.5. The number of nitrogen functional groups attached to an aromatic ring is 2. The summed E-state index contributed by atoms with van der Waals surface area (Å²) < 4.78 is 13.9. The van der Waals surface area contributed by atoms with Crippen LogP contribution in [0.25, 0.3) is 21.8 Å². The highest BCUT2D eigenvalue weighted by molar-refractivity contribution is 6.19. The quantitative estimate of drug-likeness (QED) is 0.0490. The number of ether oxygens (including phenoxy) is 2. The number of anilines is 2. The summed E-state index contributed by atoms with van der Waals surface area (Å²) in [6.45, 7) is 13.2. The second kappa shape index (κ2) is 17.4. The Kier molecular flexibility index (Phi) is 13.4. The Hall–Kier alpha value is -3.96. The SMILES string of the molecule is CCC/C(=N\OC(=O)CC)c1cc(N)c2c(c1)c1cc(/C(COC3CCCO3)=N/OC(=O)C(C)C)cc(N)c1n2CCCCCC(C)C. The summed E-state index contributed by atoms with van der Waals surface area (Å²) in [6, 6.07) is 7.79. The van der Waals surface area contributed by atoms with E-state index in [1.807, 2.05) is 31.2 Å². The Bertz CT molecular complexity index is 1630. The van der Waals surface area contributed by atoms with Crippen molar-refractivity contribution in [1.82, 2.24) is 4.57 Å². The van der Waals surface area contributed by atoms with Gasteiger partial charge in [-0.15, -0.1) is 0 Å². The monoisotopic (exact) mass is 663 g/mol. The number of hydrogen-bond acceptors (Lipinski definition) is 10. The van der Waals surface area contributed by atoms with Gasteiger partial charge in [0, 0.05) is 47.9 Å². The molecule has 1 saturated heterocycles. The molecular formula is C37H53N5O6. The molecule has 2 aromatic carbocycles. The van der Waals surface area contributed by atoms with Crippen molar-refractivity contribution in [2.75, 3.05) is 24.7 Å². The lowest BCUT2D eigenvalue weighted by Gasteiger charge is -2.14. The van der Waals surface area contributed by atoms with Crippen LogP contribution in [0, 0.1) is 11.8 Å². The first-order chi connectivity index (χ1) is 23.0. The van der Waals surface area contributed by atoms with Gasteiger partial charge in [-0.2, -0.15) is 0 Å². The minimum absolute atomic E-state index is 0.0684. The fourth-order valence-corrected chi connectivity index (χ4v) is 5.86. The minimum Gasteiger partial charge on any atom is -0.397 e. The van der Waals surface area contributed by atoms with Crippen molar-refractivity contribution in [3.05, 3.63) is 35.4 Å². The maximum atomic E-state index is 12.4. The Labute approximate surface area is 283 Å². The number of nitrogens with two attached hydrogens (primary N) is 2. The number of oxime groups is 2. The summed E-state index contributed by atoms with van der Waals surface area (Å²) in [5, 5.41) is 10.3. The number of aromatic nitrogens is 1. The molecule has 0 bridgehead atoms. The van der Waals surface area contributed by atoms with Gasteiger partial charge < -0.3 is 35.2 Å². The van der Waals surface area contributed by atoms with Crippen molar-refractivity contribution >= 4 is 56.5 Å². The van der Waals surface area contributed by atoms with E-state index in [1.54, 1.807) is 20.8 Å². The summed E-state index contributed by atoms with van der Waals surface area (Å²) in [4.78, 5) is 34.9. The lowest BCUT2D eigenvalue weighted by atomic mass is 10.00. The smallest absolute Gasteiger partial charge is 0.337 e. The predicted molar refractivity (Wildman–Crippen MR) is 192 cm³/mol.